The van der Waals surface area contributed by atoms with Crippen LogP contribution in [0.3, 0.4) is 0 Å². The summed E-state index contributed by atoms with van der Waals surface area (Å²) >= 11 is 4.85. The maximum atomic E-state index is 13.7. The van der Waals surface area contributed by atoms with Gasteiger partial charge >= 0.3 is 0 Å². The van der Waals surface area contributed by atoms with Gasteiger partial charge < -0.3 is 4.42 Å². The summed E-state index contributed by atoms with van der Waals surface area (Å²) in [6.45, 7) is 5.51. The highest BCUT2D eigenvalue weighted by Crippen LogP contribution is 2.31. The highest BCUT2D eigenvalue weighted by atomic mass is 79.9. The lowest BCUT2D eigenvalue weighted by Crippen LogP contribution is -2.37. The van der Waals surface area contributed by atoms with E-state index in [1.54, 1.807) is 6.07 Å². The molecule has 0 fully saturated rings. The Hall–Kier alpha value is -1.36. The predicted octanol–water partition coefficient (Wildman–Crippen LogP) is 5.32. The molecule has 2 unspecified atom stereocenters. The van der Waals surface area contributed by atoms with Crippen LogP contribution in [-0.2, 0) is 17.4 Å². The molecule has 0 bridgehead atoms. The van der Waals surface area contributed by atoms with Crippen LogP contribution < -0.4 is 4.72 Å². The molecule has 156 valence electrons. The molecule has 2 heterocycles. The lowest BCUT2D eigenvalue weighted by molar-refractivity contribution is 0.479. The average molecular weight is 504 g/mol. The number of thioether (sulfide) groups is 1. The molecule has 5 nitrogen and oxygen atoms in total. The van der Waals surface area contributed by atoms with Crippen molar-refractivity contribution in [3.05, 3.63) is 51.6 Å². The van der Waals surface area contributed by atoms with Crippen LogP contribution in [-0.4, -0.2) is 25.2 Å². The van der Waals surface area contributed by atoms with E-state index in [0.717, 1.165) is 6.07 Å². The summed E-state index contributed by atoms with van der Waals surface area (Å²) in [6, 6.07) is 4.51. The number of pyridine rings is 1. The summed E-state index contributed by atoms with van der Waals surface area (Å²) in [4.78, 5) is 8.87. The SMILES string of the molecule is CSc1nc2cc(Br)c(C(Cc3cc(F)cc(F)c3)NS(=O)C(C)(C)C)nc2o1. The molecule has 0 saturated carbocycles. The molecule has 0 aliphatic carbocycles. The molecule has 1 N–H and O–H groups in total. The van der Waals surface area contributed by atoms with Gasteiger partial charge in [0.2, 0.25) is 5.71 Å². The third-order valence-corrected chi connectivity index (χ3v) is 6.79. The van der Waals surface area contributed by atoms with Crippen molar-refractivity contribution in [3.63, 3.8) is 0 Å². The van der Waals surface area contributed by atoms with Crippen LogP contribution >= 0.6 is 27.7 Å². The second-order valence-electron chi connectivity index (χ2n) is 7.40. The number of hydrogen-bond donors (Lipinski definition) is 1. The first-order valence-corrected chi connectivity index (χ1v) is 11.9. The zero-order valence-corrected chi connectivity index (χ0v) is 19.5. The van der Waals surface area contributed by atoms with Crippen LogP contribution in [0.4, 0.5) is 8.78 Å². The van der Waals surface area contributed by atoms with Crippen molar-refractivity contribution in [2.75, 3.05) is 6.26 Å². The summed E-state index contributed by atoms with van der Waals surface area (Å²) < 4.78 is 48.9. The van der Waals surface area contributed by atoms with Crippen molar-refractivity contribution in [3.8, 4) is 0 Å². The van der Waals surface area contributed by atoms with Crippen LogP contribution in [0.5, 0.6) is 0 Å². The quantitative estimate of drug-likeness (QED) is 0.461. The van der Waals surface area contributed by atoms with Crippen molar-refractivity contribution in [1.82, 2.24) is 14.7 Å². The molecule has 2 atom stereocenters. The number of hydrogen-bond acceptors (Lipinski definition) is 5. The first kappa shape index (κ1) is 22.3. The van der Waals surface area contributed by atoms with Gasteiger partial charge in [-0.2, -0.15) is 0 Å². The maximum Gasteiger partial charge on any atom is 0.258 e. The van der Waals surface area contributed by atoms with Gasteiger partial charge in [-0.05, 0) is 73.1 Å². The molecule has 0 spiro atoms. The average Bonchev–Trinajstić information content (AvgIpc) is 3.00. The molecule has 0 aliphatic heterocycles. The Balaban J connectivity index is 2.05. The fourth-order valence-electron chi connectivity index (χ4n) is 2.63. The summed E-state index contributed by atoms with van der Waals surface area (Å²) in [5.74, 6) is -1.34. The van der Waals surface area contributed by atoms with Crippen LogP contribution in [0.15, 0.2) is 38.4 Å². The second kappa shape index (κ2) is 8.79. The standard InChI is InChI=1S/C19H20BrF2N3O2S2/c1-19(2,3)29(26)25-14(7-10-5-11(21)8-12(22)6-10)16-13(20)9-15-17(24-16)27-18(23-15)28-4/h5-6,8-9,14,25H,7H2,1-4H3. The zero-order valence-electron chi connectivity index (χ0n) is 16.3. The van der Waals surface area contributed by atoms with E-state index >= 15 is 0 Å². The minimum Gasteiger partial charge on any atom is -0.412 e. The van der Waals surface area contributed by atoms with Gasteiger partial charge in [-0.1, -0.05) is 11.8 Å². The smallest absolute Gasteiger partial charge is 0.258 e. The Bertz CT molecular complexity index is 1050. The van der Waals surface area contributed by atoms with Crippen LogP contribution in [0, 0.1) is 11.6 Å². The molecule has 0 amide bonds. The molecule has 3 aromatic rings. The summed E-state index contributed by atoms with van der Waals surface area (Å²) in [5.41, 5.74) is 1.86. The van der Waals surface area contributed by atoms with Crippen molar-refractivity contribution >= 4 is 49.9 Å². The van der Waals surface area contributed by atoms with E-state index in [1.807, 2.05) is 27.0 Å². The van der Waals surface area contributed by atoms with Gasteiger partial charge in [0.15, 0.2) is 0 Å². The topological polar surface area (TPSA) is 68.0 Å². The van der Waals surface area contributed by atoms with Crippen LogP contribution in [0.25, 0.3) is 11.2 Å². The predicted molar refractivity (Wildman–Crippen MR) is 115 cm³/mol. The van der Waals surface area contributed by atoms with Crippen molar-refractivity contribution in [2.24, 2.45) is 0 Å². The molecule has 1 aromatic carbocycles. The monoisotopic (exact) mass is 503 g/mol. The number of halogens is 3. The second-order valence-corrected chi connectivity index (χ2v) is 11.0. The van der Waals surface area contributed by atoms with E-state index < -0.39 is 33.4 Å². The van der Waals surface area contributed by atoms with Crippen LogP contribution in [0.2, 0.25) is 0 Å². The normalized spacial score (nSPS) is 14.3. The number of nitrogens with zero attached hydrogens (tertiary/aromatic N) is 2. The number of fused-ring (bicyclic) bond motifs is 1. The van der Waals surface area contributed by atoms with E-state index in [4.69, 9.17) is 4.42 Å². The summed E-state index contributed by atoms with van der Waals surface area (Å²) in [7, 11) is -1.44. The van der Waals surface area contributed by atoms with Crippen molar-refractivity contribution in [1.29, 1.82) is 0 Å². The molecule has 0 radical (unpaired) electrons. The Morgan fingerprint density at radius 1 is 1.21 bits per heavy atom. The van der Waals surface area contributed by atoms with Crippen LogP contribution in [0.1, 0.15) is 38.1 Å². The van der Waals surface area contributed by atoms with Gasteiger partial charge in [-0.25, -0.2) is 27.7 Å². The van der Waals surface area contributed by atoms with Gasteiger partial charge in [0, 0.05) is 10.5 Å². The third-order valence-electron chi connectivity index (χ3n) is 4.02. The summed E-state index contributed by atoms with van der Waals surface area (Å²) in [5, 5.41) is 0.478. The lowest BCUT2D eigenvalue weighted by Gasteiger charge is -2.24. The highest BCUT2D eigenvalue weighted by molar-refractivity contribution is 9.10. The summed E-state index contributed by atoms with van der Waals surface area (Å²) in [6.07, 6.45) is 2.02. The Morgan fingerprint density at radius 3 is 2.45 bits per heavy atom. The molecule has 0 aliphatic rings. The van der Waals surface area contributed by atoms with Gasteiger partial charge in [0.1, 0.15) is 17.2 Å². The fourth-order valence-corrected chi connectivity index (χ4v) is 4.37. The first-order chi connectivity index (χ1) is 13.6. The van der Waals surface area contributed by atoms with E-state index in [1.165, 1.54) is 23.9 Å². The Labute approximate surface area is 182 Å². The molecule has 29 heavy (non-hydrogen) atoms. The highest BCUT2D eigenvalue weighted by Gasteiger charge is 2.27. The minimum atomic E-state index is -1.44. The molecule has 2 aromatic heterocycles. The zero-order chi connectivity index (χ0) is 21.3. The van der Waals surface area contributed by atoms with E-state index in [2.05, 4.69) is 30.6 Å². The van der Waals surface area contributed by atoms with E-state index in [0.29, 0.717) is 32.2 Å². The minimum absolute atomic E-state index is 0.178. The molecular formula is C19H20BrF2N3O2S2. The molecule has 3 rings (SSSR count). The van der Waals surface area contributed by atoms with Crippen molar-refractivity contribution in [2.45, 2.75) is 43.2 Å². The number of rotatable bonds is 6. The first-order valence-electron chi connectivity index (χ1n) is 8.71. The molecular weight excluding hydrogens is 484 g/mol. The molecule has 0 saturated heterocycles. The van der Waals surface area contributed by atoms with E-state index in [9.17, 15) is 13.0 Å². The van der Waals surface area contributed by atoms with Gasteiger partial charge in [-0.3, -0.25) is 0 Å². The fraction of sp³-hybridized carbons (Fsp3) is 0.368. The molecule has 10 heteroatoms. The number of aromatic nitrogens is 2. The van der Waals surface area contributed by atoms with Gasteiger partial charge in [0.25, 0.3) is 5.22 Å². The maximum absolute atomic E-state index is 13.7. The van der Waals surface area contributed by atoms with Crippen molar-refractivity contribution < 1.29 is 17.4 Å². The third kappa shape index (κ3) is 5.42. The number of nitrogens with one attached hydrogen (secondary N) is 1. The largest absolute Gasteiger partial charge is 0.412 e. The lowest BCUT2D eigenvalue weighted by atomic mass is 10.0. The van der Waals surface area contributed by atoms with Gasteiger partial charge in [0.05, 0.1) is 27.5 Å². The van der Waals surface area contributed by atoms with Gasteiger partial charge in [-0.15, -0.1) is 0 Å². The Kier molecular flexibility index (Phi) is 6.77. The Morgan fingerprint density at radius 2 is 1.86 bits per heavy atom. The number of benzene rings is 1. The van der Waals surface area contributed by atoms with E-state index in [-0.39, 0.29) is 6.42 Å². The number of oxazole rings is 1.